The topological polar surface area (TPSA) is 68.5 Å². The van der Waals surface area contributed by atoms with Gasteiger partial charge in [0.1, 0.15) is 5.75 Å². The van der Waals surface area contributed by atoms with E-state index in [-0.39, 0.29) is 11.8 Å². The third-order valence-electron chi connectivity index (χ3n) is 5.10. The summed E-state index contributed by atoms with van der Waals surface area (Å²) in [5, 5.41) is 5.01. The molecule has 0 saturated carbocycles. The lowest BCUT2D eigenvalue weighted by Gasteiger charge is -2.30. The van der Waals surface area contributed by atoms with Crippen LogP contribution in [0.25, 0.3) is 11.4 Å². The normalized spacial score (nSPS) is 14.8. The highest BCUT2D eigenvalue weighted by molar-refractivity contribution is 6.38. The predicted octanol–water partition coefficient (Wildman–Crippen LogP) is 5.07. The monoisotopic (exact) mass is 431 g/mol. The van der Waals surface area contributed by atoms with Crippen molar-refractivity contribution in [3.63, 3.8) is 0 Å². The molecule has 0 unspecified atom stereocenters. The smallest absolute Gasteiger partial charge is 0.253 e. The van der Waals surface area contributed by atoms with E-state index in [9.17, 15) is 4.79 Å². The van der Waals surface area contributed by atoms with Gasteiger partial charge in [0.2, 0.25) is 11.7 Å². The molecular weight excluding hydrogens is 413 g/mol. The summed E-state index contributed by atoms with van der Waals surface area (Å²) in [7, 11) is 1.60. The Bertz CT molecular complexity index is 992. The Kier molecular flexibility index (Phi) is 5.74. The number of piperidine rings is 1. The SMILES string of the molecule is COc1ccc(C(=O)N2CCC(c3nc(-c4c(Cl)cccc4Cl)no3)CC2)cc1. The zero-order chi connectivity index (χ0) is 20.4. The van der Waals surface area contributed by atoms with E-state index in [4.69, 9.17) is 32.5 Å². The Morgan fingerprint density at radius 3 is 2.38 bits per heavy atom. The number of benzene rings is 2. The lowest BCUT2D eigenvalue weighted by atomic mass is 9.96. The number of carbonyl (C=O) groups is 1. The number of hydrogen-bond acceptors (Lipinski definition) is 5. The molecule has 8 heteroatoms. The summed E-state index contributed by atoms with van der Waals surface area (Å²) in [6.45, 7) is 1.25. The Morgan fingerprint density at radius 1 is 1.10 bits per heavy atom. The quantitative estimate of drug-likeness (QED) is 0.576. The zero-order valence-corrected chi connectivity index (χ0v) is 17.3. The molecule has 6 nitrogen and oxygen atoms in total. The average Bonchev–Trinajstić information content (AvgIpc) is 3.23. The van der Waals surface area contributed by atoms with E-state index < -0.39 is 0 Å². The van der Waals surface area contributed by atoms with Crippen molar-refractivity contribution in [2.45, 2.75) is 18.8 Å². The highest BCUT2D eigenvalue weighted by atomic mass is 35.5. The maximum Gasteiger partial charge on any atom is 0.253 e. The molecule has 0 atom stereocenters. The summed E-state index contributed by atoms with van der Waals surface area (Å²) in [5.41, 5.74) is 1.22. The summed E-state index contributed by atoms with van der Waals surface area (Å²) in [6, 6.07) is 12.4. The van der Waals surface area contributed by atoms with Crippen molar-refractivity contribution in [3.8, 4) is 17.1 Å². The van der Waals surface area contributed by atoms with Gasteiger partial charge in [-0.3, -0.25) is 4.79 Å². The van der Waals surface area contributed by atoms with Gasteiger partial charge in [0.05, 0.1) is 22.7 Å². The summed E-state index contributed by atoms with van der Waals surface area (Å²) in [5.74, 6) is 1.77. The molecule has 1 aliphatic rings. The van der Waals surface area contributed by atoms with Crippen LogP contribution in [-0.2, 0) is 0 Å². The molecule has 2 aromatic carbocycles. The second-order valence-electron chi connectivity index (χ2n) is 6.85. The predicted molar refractivity (Wildman–Crippen MR) is 111 cm³/mol. The maximum atomic E-state index is 12.7. The van der Waals surface area contributed by atoms with E-state index >= 15 is 0 Å². The lowest BCUT2D eigenvalue weighted by Crippen LogP contribution is -2.37. The van der Waals surface area contributed by atoms with Gasteiger partial charge in [-0.1, -0.05) is 34.4 Å². The highest BCUT2D eigenvalue weighted by Crippen LogP contribution is 2.35. The van der Waals surface area contributed by atoms with Gasteiger partial charge in [0, 0.05) is 24.6 Å². The number of aromatic nitrogens is 2. The van der Waals surface area contributed by atoms with Crippen LogP contribution in [0.3, 0.4) is 0 Å². The number of methoxy groups -OCH3 is 1. The minimum absolute atomic E-state index is 0.0140. The van der Waals surface area contributed by atoms with Crippen molar-refractivity contribution in [1.29, 1.82) is 0 Å². The van der Waals surface area contributed by atoms with E-state index in [1.165, 1.54) is 0 Å². The third kappa shape index (κ3) is 4.09. The van der Waals surface area contributed by atoms with Crippen LogP contribution in [-0.4, -0.2) is 41.1 Å². The van der Waals surface area contributed by atoms with Crippen LogP contribution in [0.2, 0.25) is 10.0 Å². The first-order valence-electron chi connectivity index (χ1n) is 9.28. The van der Waals surface area contributed by atoms with E-state index in [1.54, 1.807) is 49.6 Å². The Hall–Kier alpha value is -2.57. The zero-order valence-electron chi connectivity index (χ0n) is 15.8. The van der Waals surface area contributed by atoms with E-state index in [1.807, 2.05) is 4.90 Å². The lowest BCUT2D eigenvalue weighted by molar-refractivity contribution is 0.0704. The molecule has 0 aliphatic carbocycles. The largest absolute Gasteiger partial charge is 0.497 e. The molecule has 4 rings (SSSR count). The van der Waals surface area contributed by atoms with Gasteiger partial charge in [0.25, 0.3) is 5.91 Å². The van der Waals surface area contributed by atoms with Gasteiger partial charge in [-0.25, -0.2) is 0 Å². The number of ether oxygens (including phenoxy) is 1. The van der Waals surface area contributed by atoms with Gasteiger partial charge in [-0.05, 0) is 49.2 Å². The fourth-order valence-electron chi connectivity index (χ4n) is 3.46. The Morgan fingerprint density at radius 2 is 1.76 bits per heavy atom. The molecule has 0 bridgehead atoms. The van der Waals surface area contributed by atoms with Crippen LogP contribution < -0.4 is 4.74 Å². The average molecular weight is 432 g/mol. The number of carbonyl (C=O) groups excluding carboxylic acids is 1. The van der Waals surface area contributed by atoms with Crippen molar-refractivity contribution in [3.05, 3.63) is 64.0 Å². The first-order valence-corrected chi connectivity index (χ1v) is 10.0. The van der Waals surface area contributed by atoms with Crippen molar-refractivity contribution in [2.24, 2.45) is 0 Å². The number of amides is 1. The minimum Gasteiger partial charge on any atom is -0.497 e. The first kappa shape index (κ1) is 19.7. The number of hydrogen-bond donors (Lipinski definition) is 0. The van der Waals surface area contributed by atoms with Crippen molar-refractivity contribution in [1.82, 2.24) is 15.0 Å². The molecule has 0 spiro atoms. The van der Waals surface area contributed by atoms with Crippen LogP contribution in [0, 0.1) is 0 Å². The van der Waals surface area contributed by atoms with Gasteiger partial charge in [-0.2, -0.15) is 4.98 Å². The van der Waals surface area contributed by atoms with Crippen LogP contribution in [0.5, 0.6) is 5.75 Å². The molecule has 1 amide bonds. The summed E-state index contributed by atoms with van der Waals surface area (Å²) in [4.78, 5) is 19.1. The molecule has 1 fully saturated rings. The van der Waals surface area contributed by atoms with Crippen LogP contribution >= 0.6 is 23.2 Å². The summed E-state index contributed by atoms with van der Waals surface area (Å²) in [6.07, 6.45) is 1.50. The fraction of sp³-hybridized carbons (Fsp3) is 0.286. The molecule has 29 heavy (non-hydrogen) atoms. The molecule has 0 N–H and O–H groups in total. The standard InChI is InChI=1S/C21H19Cl2N3O3/c1-28-15-7-5-14(6-8-15)21(27)26-11-9-13(10-12-26)20-24-19(25-29-20)18-16(22)3-2-4-17(18)23/h2-8,13H,9-12H2,1H3. The van der Waals surface area contributed by atoms with Gasteiger partial charge < -0.3 is 14.2 Å². The second kappa shape index (κ2) is 8.43. The molecule has 0 radical (unpaired) electrons. The van der Waals surface area contributed by atoms with Crippen molar-refractivity contribution in [2.75, 3.05) is 20.2 Å². The van der Waals surface area contributed by atoms with Crippen LogP contribution in [0.15, 0.2) is 47.0 Å². The molecule has 2 heterocycles. The van der Waals surface area contributed by atoms with E-state index in [0.29, 0.717) is 46.0 Å². The Labute approximate surface area is 178 Å². The summed E-state index contributed by atoms with van der Waals surface area (Å²) >= 11 is 12.5. The van der Waals surface area contributed by atoms with Gasteiger partial charge in [0.15, 0.2) is 0 Å². The molecule has 150 valence electrons. The highest BCUT2D eigenvalue weighted by Gasteiger charge is 2.28. The van der Waals surface area contributed by atoms with Crippen molar-refractivity contribution < 1.29 is 14.1 Å². The van der Waals surface area contributed by atoms with Gasteiger partial charge >= 0.3 is 0 Å². The molecule has 1 aliphatic heterocycles. The number of rotatable bonds is 4. The minimum atomic E-state index is 0.0140. The molecule has 1 saturated heterocycles. The van der Waals surface area contributed by atoms with Crippen LogP contribution in [0.1, 0.15) is 35.0 Å². The van der Waals surface area contributed by atoms with Crippen LogP contribution in [0.4, 0.5) is 0 Å². The van der Waals surface area contributed by atoms with Gasteiger partial charge in [-0.15, -0.1) is 0 Å². The molecule has 1 aromatic heterocycles. The third-order valence-corrected chi connectivity index (χ3v) is 5.73. The van der Waals surface area contributed by atoms with Crippen molar-refractivity contribution >= 4 is 29.1 Å². The first-order chi connectivity index (χ1) is 14.1. The van der Waals surface area contributed by atoms with E-state index in [0.717, 1.165) is 18.6 Å². The second-order valence-corrected chi connectivity index (χ2v) is 7.66. The molecule has 3 aromatic rings. The molecular formula is C21H19Cl2N3O3. The Balaban J connectivity index is 1.42. The fourth-order valence-corrected chi connectivity index (χ4v) is 4.03. The van der Waals surface area contributed by atoms with E-state index in [2.05, 4.69) is 10.1 Å². The maximum absolute atomic E-state index is 12.7. The number of nitrogens with zero attached hydrogens (tertiary/aromatic N) is 3. The number of halogens is 2. The number of likely N-dealkylation sites (tertiary alicyclic amines) is 1. The summed E-state index contributed by atoms with van der Waals surface area (Å²) < 4.78 is 10.6.